The molecule has 3 aromatic rings. The highest BCUT2D eigenvalue weighted by Gasteiger charge is 2.31. The van der Waals surface area contributed by atoms with Gasteiger partial charge in [0.2, 0.25) is 5.91 Å². The molecule has 0 saturated heterocycles. The molecule has 0 saturated carbocycles. The van der Waals surface area contributed by atoms with Crippen molar-refractivity contribution in [1.29, 1.82) is 0 Å². The number of carbonyl (C=O) groups excluding carboxylic acids is 3. The lowest BCUT2D eigenvalue weighted by molar-refractivity contribution is -0.128. The van der Waals surface area contributed by atoms with Gasteiger partial charge in [0.25, 0.3) is 5.91 Å². The Labute approximate surface area is 167 Å². The number of benzene rings is 2. The molecule has 0 aliphatic carbocycles. The zero-order chi connectivity index (χ0) is 20.5. The molecule has 2 amide bonds. The lowest BCUT2D eigenvalue weighted by Crippen LogP contribution is -2.47. The number of rotatable bonds is 3. The molecule has 1 aliphatic heterocycles. The summed E-state index contributed by atoms with van der Waals surface area (Å²) >= 11 is 0. The van der Waals surface area contributed by atoms with Crippen LogP contribution in [0.4, 0.5) is 11.4 Å². The van der Waals surface area contributed by atoms with E-state index in [-0.39, 0.29) is 12.5 Å². The number of pyridine rings is 1. The Morgan fingerprint density at radius 2 is 1.86 bits per heavy atom. The van der Waals surface area contributed by atoms with Crippen molar-refractivity contribution in [2.75, 3.05) is 16.8 Å². The predicted molar refractivity (Wildman–Crippen MR) is 109 cm³/mol. The number of aryl methyl sites for hydroxylation is 1. The molecule has 2 aromatic carbocycles. The third kappa shape index (κ3) is 3.54. The number of anilines is 2. The molecule has 1 atom stereocenters. The number of nitrogens with zero attached hydrogens (tertiary/aromatic N) is 2. The fourth-order valence-corrected chi connectivity index (χ4v) is 3.40. The number of para-hydroxylation sites is 3. The van der Waals surface area contributed by atoms with Gasteiger partial charge in [0.1, 0.15) is 6.54 Å². The fraction of sp³-hybridized carbons (Fsp3) is 0.182. The third-order valence-electron chi connectivity index (χ3n) is 4.73. The number of ether oxygens (including phenoxy) is 1. The number of aromatic nitrogens is 1. The van der Waals surface area contributed by atoms with Crippen molar-refractivity contribution in [1.82, 2.24) is 4.98 Å². The quantitative estimate of drug-likeness (QED) is 0.696. The van der Waals surface area contributed by atoms with E-state index in [9.17, 15) is 14.4 Å². The molecular weight excluding hydrogens is 370 g/mol. The first kappa shape index (κ1) is 18.6. The van der Waals surface area contributed by atoms with Crippen molar-refractivity contribution < 1.29 is 19.1 Å². The number of nitrogens with one attached hydrogen (secondary N) is 1. The van der Waals surface area contributed by atoms with Crippen LogP contribution in [-0.4, -0.2) is 35.4 Å². The van der Waals surface area contributed by atoms with Gasteiger partial charge in [0, 0.05) is 11.1 Å². The second-order valence-electron chi connectivity index (χ2n) is 6.87. The van der Waals surface area contributed by atoms with Gasteiger partial charge in [-0.2, -0.15) is 0 Å². The first-order valence-corrected chi connectivity index (χ1v) is 9.21. The Hall–Kier alpha value is -3.74. The molecule has 0 spiro atoms. The van der Waals surface area contributed by atoms with Crippen LogP contribution in [0.3, 0.4) is 0 Å². The van der Waals surface area contributed by atoms with Gasteiger partial charge in [-0.3, -0.25) is 19.5 Å². The summed E-state index contributed by atoms with van der Waals surface area (Å²) in [6.07, 6.45) is -1.06. The van der Waals surface area contributed by atoms with Gasteiger partial charge in [0.15, 0.2) is 6.10 Å². The summed E-state index contributed by atoms with van der Waals surface area (Å²) in [5, 5.41) is 3.39. The van der Waals surface area contributed by atoms with Crippen molar-refractivity contribution in [3.63, 3.8) is 0 Å². The molecule has 1 aliphatic rings. The maximum absolute atomic E-state index is 13.0. The summed E-state index contributed by atoms with van der Waals surface area (Å²) in [4.78, 5) is 43.5. The monoisotopic (exact) mass is 389 g/mol. The van der Waals surface area contributed by atoms with Crippen molar-refractivity contribution in [3.8, 4) is 0 Å². The molecule has 0 bridgehead atoms. The minimum absolute atomic E-state index is 0.130. The van der Waals surface area contributed by atoms with E-state index in [4.69, 9.17) is 4.74 Å². The molecule has 0 radical (unpaired) electrons. The van der Waals surface area contributed by atoms with Crippen LogP contribution in [0.15, 0.2) is 54.6 Å². The topological polar surface area (TPSA) is 88.6 Å². The molecule has 7 heteroatoms. The molecule has 29 heavy (non-hydrogen) atoms. The average Bonchev–Trinajstić information content (AvgIpc) is 2.71. The lowest BCUT2D eigenvalue weighted by Gasteiger charge is -2.30. The van der Waals surface area contributed by atoms with Crippen LogP contribution in [0.5, 0.6) is 0 Å². The Balaban J connectivity index is 1.59. The fourth-order valence-electron chi connectivity index (χ4n) is 3.40. The minimum atomic E-state index is -1.06. The largest absolute Gasteiger partial charge is 0.449 e. The standard InChI is InChI=1S/C22H19N3O4/c1-13-11-16(15-7-3-4-8-17(15)23-13)22(28)29-14(2)21(27)25-12-20(26)24-18-9-5-6-10-19(18)25/h3-11,14H,12H2,1-2H3,(H,24,26)/t14-/m1/s1. The SMILES string of the molecule is Cc1cc(C(=O)O[C@H](C)C(=O)N2CC(=O)Nc3ccccc32)c2ccccc2n1. The van der Waals surface area contributed by atoms with E-state index in [0.29, 0.717) is 33.5 Å². The van der Waals surface area contributed by atoms with Crippen LogP contribution in [0, 0.1) is 6.92 Å². The summed E-state index contributed by atoms with van der Waals surface area (Å²) in [6, 6.07) is 15.9. The van der Waals surface area contributed by atoms with Crippen LogP contribution in [-0.2, 0) is 14.3 Å². The van der Waals surface area contributed by atoms with Gasteiger partial charge in [-0.05, 0) is 38.1 Å². The average molecular weight is 389 g/mol. The van der Waals surface area contributed by atoms with Gasteiger partial charge in [-0.25, -0.2) is 4.79 Å². The number of fused-ring (bicyclic) bond motifs is 2. The molecule has 0 fully saturated rings. The normalized spacial score (nSPS) is 14.1. The van der Waals surface area contributed by atoms with Gasteiger partial charge in [0.05, 0.1) is 22.5 Å². The first-order chi connectivity index (χ1) is 13.9. The summed E-state index contributed by atoms with van der Waals surface area (Å²) in [6.45, 7) is 3.17. The van der Waals surface area contributed by atoms with Gasteiger partial charge < -0.3 is 10.1 Å². The highest BCUT2D eigenvalue weighted by Crippen LogP contribution is 2.29. The number of amides is 2. The lowest BCUT2D eigenvalue weighted by atomic mass is 10.1. The van der Waals surface area contributed by atoms with E-state index in [1.54, 1.807) is 43.3 Å². The van der Waals surface area contributed by atoms with Gasteiger partial charge in [-0.15, -0.1) is 0 Å². The summed E-state index contributed by atoms with van der Waals surface area (Å²) in [5.74, 6) is -1.37. The van der Waals surface area contributed by atoms with E-state index in [0.717, 1.165) is 0 Å². The van der Waals surface area contributed by atoms with Crippen LogP contribution < -0.4 is 10.2 Å². The Bertz CT molecular complexity index is 1140. The van der Waals surface area contributed by atoms with Crippen molar-refractivity contribution in [3.05, 3.63) is 65.9 Å². The minimum Gasteiger partial charge on any atom is -0.449 e. The Kier molecular flexibility index (Phi) is 4.72. The van der Waals surface area contributed by atoms with E-state index in [2.05, 4.69) is 10.3 Å². The molecule has 146 valence electrons. The summed E-state index contributed by atoms with van der Waals surface area (Å²) in [5.41, 5.74) is 2.83. The van der Waals surface area contributed by atoms with E-state index in [1.165, 1.54) is 11.8 Å². The summed E-state index contributed by atoms with van der Waals surface area (Å²) in [7, 11) is 0. The van der Waals surface area contributed by atoms with Gasteiger partial charge >= 0.3 is 5.97 Å². The molecule has 4 rings (SSSR count). The highest BCUT2D eigenvalue weighted by molar-refractivity contribution is 6.11. The van der Waals surface area contributed by atoms with E-state index in [1.807, 2.05) is 18.2 Å². The second kappa shape index (κ2) is 7.35. The number of esters is 1. The third-order valence-corrected chi connectivity index (χ3v) is 4.73. The zero-order valence-electron chi connectivity index (χ0n) is 16.0. The van der Waals surface area contributed by atoms with E-state index < -0.39 is 18.0 Å². The first-order valence-electron chi connectivity index (χ1n) is 9.21. The number of hydrogen-bond acceptors (Lipinski definition) is 5. The van der Waals surface area contributed by atoms with Crippen LogP contribution in [0.25, 0.3) is 10.9 Å². The van der Waals surface area contributed by atoms with Crippen molar-refractivity contribution in [2.24, 2.45) is 0 Å². The Morgan fingerprint density at radius 3 is 2.69 bits per heavy atom. The molecular formula is C22H19N3O4. The maximum Gasteiger partial charge on any atom is 0.339 e. The highest BCUT2D eigenvalue weighted by atomic mass is 16.5. The molecule has 7 nitrogen and oxygen atoms in total. The summed E-state index contributed by atoms with van der Waals surface area (Å²) < 4.78 is 5.48. The van der Waals surface area contributed by atoms with Crippen LogP contribution >= 0.6 is 0 Å². The predicted octanol–water partition coefficient (Wildman–Crippen LogP) is 3.07. The number of hydrogen-bond donors (Lipinski definition) is 1. The van der Waals surface area contributed by atoms with Crippen LogP contribution in [0.2, 0.25) is 0 Å². The zero-order valence-corrected chi connectivity index (χ0v) is 16.0. The molecule has 2 heterocycles. The molecule has 1 N–H and O–H groups in total. The maximum atomic E-state index is 13.0. The smallest absolute Gasteiger partial charge is 0.339 e. The van der Waals surface area contributed by atoms with Crippen molar-refractivity contribution in [2.45, 2.75) is 20.0 Å². The Morgan fingerprint density at radius 1 is 1.14 bits per heavy atom. The van der Waals surface area contributed by atoms with E-state index >= 15 is 0 Å². The second-order valence-corrected chi connectivity index (χ2v) is 6.87. The van der Waals surface area contributed by atoms with Gasteiger partial charge in [-0.1, -0.05) is 30.3 Å². The number of carbonyl (C=O) groups is 3. The van der Waals surface area contributed by atoms with Crippen LogP contribution in [0.1, 0.15) is 23.0 Å². The van der Waals surface area contributed by atoms with Crippen molar-refractivity contribution >= 4 is 40.1 Å². The molecule has 1 aromatic heterocycles. The molecule has 0 unspecified atom stereocenters.